The van der Waals surface area contributed by atoms with Crippen molar-refractivity contribution in [2.24, 2.45) is 0 Å². The summed E-state index contributed by atoms with van der Waals surface area (Å²) in [4.78, 5) is 23.7. The number of halogens is 4. The average molecular weight is 391 g/mol. The number of carbonyl (C=O) groups excluding carboxylic acids is 1. The number of thiophene rings is 1. The van der Waals surface area contributed by atoms with E-state index in [2.05, 4.69) is 4.74 Å². The van der Waals surface area contributed by atoms with Crippen LogP contribution in [0.1, 0.15) is 16.1 Å². The van der Waals surface area contributed by atoms with Gasteiger partial charge in [-0.25, -0.2) is 13.6 Å². The van der Waals surface area contributed by atoms with Crippen LogP contribution in [-0.4, -0.2) is 36.1 Å². The predicted octanol–water partition coefficient (Wildman–Crippen LogP) is 3.85. The minimum absolute atomic E-state index is 0.0189. The highest BCUT2D eigenvalue weighted by molar-refractivity contribution is 7.17. The number of hydrogen-bond acceptors (Lipinski definition) is 4. The summed E-state index contributed by atoms with van der Waals surface area (Å²) in [6, 6.07) is 7.00. The van der Waals surface area contributed by atoms with Crippen molar-refractivity contribution in [1.82, 2.24) is 5.32 Å². The Kier molecular flexibility index (Phi) is 6.56. The number of benzene rings is 1. The lowest BCUT2D eigenvalue weighted by Crippen LogP contribution is -2.41. The lowest BCUT2D eigenvalue weighted by atomic mass is 10.2. The molecule has 2 aromatic rings. The molecule has 10 heteroatoms. The highest BCUT2D eigenvalue weighted by atomic mass is 32.1. The van der Waals surface area contributed by atoms with Gasteiger partial charge in [0, 0.05) is 11.3 Å². The van der Waals surface area contributed by atoms with Gasteiger partial charge in [-0.15, -0.1) is 11.3 Å². The molecular formula is C16H13F4NO4S. The molecule has 0 fully saturated rings. The predicted molar refractivity (Wildman–Crippen MR) is 85.9 cm³/mol. The zero-order chi connectivity index (χ0) is 19.3. The zero-order valence-corrected chi connectivity index (χ0v) is 13.8. The van der Waals surface area contributed by atoms with Crippen LogP contribution in [0, 0.1) is 0 Å². The van der Waals surface area contributed by atoms with Gasteiger partial charge in [0.15, 0.2) is 0 Å². The van der Waals surface area contributed by atoms with Gasteiger partial charge in [0.25, 0.3) is 5.91 Å². The van der Waals surface area contributed by atoms with Crippen LogP contribution in [0.3, 0.4) is 0 Å². The van der Waals surface area contributed by atoms with Crippen LogP contribution in [0.25, 0.3) is 10.4 Å². The second kappa shape index (κ2) is 8.65. The van der Waals surface area contributed by atoms with Crippen molar-refractivity contribution in [2.45, 2.75) is 25.5 Å². The van der Waals surface area contributed by atoms with Crippen LogP contribution in [0.4, 0.5) is 17.6 Å². The molecule has 1 aromatic heterocycles. The quantitative estimate of drug-likeness (QED) is 0.670. The summed E-state index contributed by atoms with van der Waals surface area (Å²) in [5, 5.41) is 10.9. The van der Waals surface area contributed by atoms with Crippen molar-refractivity contribution in [2.75, 3.05) is 0 Å². The molecule has 1 heterocycles. The van der Waals surface area contributed by atoms with E-state index < -0.39 is 37.4 Å². The number of carboxylic acid groups (broad SMARTS) is 1. The summed E-state index contributed by atoms with van der Waals surface area (Å²) < 4.78 is 53.2. The molecule has 5 nitrogen and oxygen atoms in total. The van der Waals surface area contributed by atoms with Gasteiger partial charge in [0.05, 0.1) is 4.88 Å². The summed E-state index contributed by atoms with van der Waals surface area (Å²) in [5.74, 6) is -2.36. The number of hydrogen-bond donors (Lipinski definition) is 2. The molecule has 0 spiro atoms. The van der Waals surface area contributed by atoms with E-state index in [1.807, 2.05) is 5.32 Å². The Morgan fingerprint density at radius 2 is 1.73 bits per heavy atom. The van der Waals surface area contributed by atoms with Gasteiger partial charge in [-0.1, -0.05) is 0 Å². The lowest BCUT2D eigenvalue weighted by Gasteiger charge is -2.13. The van der Waals surface area contributed by atoms with Crippen LogP contribution < -0.4 is 10.1 Å². The van der Waals surface area contributed by atoms with E-state index in [-0.39, 0.29) is 10.6 Å². The van der Waals surface area contributed by atoms with Gasteiger partial charge < -0.3 is 15.2 Å². The molecule has 0 bridgehead atoms. The van der Waals surface area contributed by atoms with Crippen LogP contribution in [0.2, 0.25) is 0 Å². The van der Waals surface area contributed by atoms with E-state index in [1.165, 1.54) is 30.3 Å². The fourth-order valence-electron chi connectivity index (χ4n) is 2.04. The van der Waals surface area contributed by atoms with E-state index in [9.17, 15) is 27.2 Å². The van der Waals surface area contributed by atoms with Crippen LogP contribution >= 0.6 is 11.3 Å². The molecule has 2 N–H and O–H groups in total. The summed E-state index contributed by atoms with van der Waals surface area (Å²) in [5.41, 5.74) is 0.623. The number of amides is 1. The standard InChI is InChI=1S/C16H13F4NO4S/c17-13(18)7-10(15(23)24)21-14(22)12-6-5-11(26-12)8-1-3-9(4-2-8)25-16(19)20/h1-6,10,13,16H,7H2,(H,21,22)(H,23,24). The monoisotopic (exact) mass is 391 g/mol. The molecule has 1 atom stereocenters. The highest BCUT2D eigenvalue weighted by Crippen LogP contribution is 2.30. The van der Waals surface area contributed by atoms with Gasteiger partial charge in [-0.3, -0.25) is 4.79 Å². The number of carboxylic acids is 1. The van der Waals surface area contributed by atoms with Crippen molar-refractivity contribution in [3.05, 3.63) is 41.3 Å². The molecule has 0 aliphatic heterocycles. The van der Waals surface area contributed by atoms with E-state index in [1.54, 1.807) is 6.07 Å². The first-order valence-corrected chi connectivity index (χ1v) is 8.05. The molecule has 140 valence electrons. The van der Waals surface area contributed by atoms with Gasteiger partial charge in [0.1, 0.15) is 11.8 Å². The normalized spacial score (nSPS) is 12.2. The van der Waals surface area contributed by atoms with Crippen molar-refractivity contribution < 1.29 is 37.0 Å². The first-order chi connectivity index (χ1) is 12.3. The van der Waals surface area contributed by atoms with Crippen LogP contribution in [0.15, 0.2) is 36.4 Å². The van der Waals surface area contributed by atoms with Gasteiger partial charge in [0.2, 0.25) is 6.43 Å². The van der Waals surface area contributed by atoms with E-state index in [0.29, 0.717) is 10.4 Å². The molecule has 26 heavy (non-hydrogen) atoms. The molecule has 0 saturated carbocycles. The number of ether oxygens (including phenoxy) is 1. The smallest absolute Gasteiger partial charge is 0.387 e. The highest BCUT2D eigenvalue weighted by Gasteiger charge is 2.25. The van der Waals surface area contributed by atoms with Gasteiger partial charge >= 0.3 is 12.6 Å². The number of alkyl halides is 4. The Hall–Kier alpha value is -2.62. The topological polar surface area (TPSA) is 75.6 Å². The third-order valence-electron chi connectivity index (χ3n) is 3.21. The fourth-order valence-corrected chi connectivity index (χ4v) is 2.96. The SMILES string of the molecule is O=C(NC(CC(F)F)C(=O)O)c1ccc(-c2ccc(OC(F)F)cc2)s1. The van der Waals surface area contributed by atoms with Crippen LogP contribution in [0.5, 0.6) is 5.75 Å². The minimum Gasteiger partial charge on any atom is -0.480 e. The Morgan fingerprint density at radius 1 is 1.08 bits per heavy atom. The average Bonchev–Trinajstić information content (AvgIpc) is 3.04. The van der Waals surface area contributed by atoms with Crippen molar-refractivity contribution in [1.29, 1.82) is 0 Å². The molecule has 0 radical (unpaired) electrons. The van der Waals surface area contributed by atoms with Crippen molar-refractivity contribution >= 4 is 23.2 Å². The largest absolute Gasteiger partial charge is 0.480 e. The second-order valence-electron chi connectivity index (χ2n) is 5.06. The lowest BCUT2D eigenvalue weighted by molar-refractivity contribution is -0.140. The number of nitrogens with one attached hydrogen (secondary N) is 1. The molecule has 0 aliphatic rings. The Morgan fingerprint density at radius 3 is 2.27 bits per heavy atom. The molecule has 0 saturated heterocycles. The third-order valence-corrected chi connectivity index (χ3v) is 4.34. The maximum absolute atomic E-state index is 12.4. The molecule has 1 unspecified atom stereocenters. The Labute approximate surface area is 149 Å². The zero-order valence-electron chi connectivity index (χ0n) is 13.0. The second-order valence-corrected chi connectivity index (χ2v) is 6.14. The van der Waals surface area contributed by atoms with Crippen molar-refractivity contribution in [3.8, 4) is 16.2 Å². The summed E-state index contributed by atoms with van der Waals surface area (Å²) in [7, 11) is 0. The number of aliphatic carboxylic acids is 1. The maximum atomic E-state index is 12.4. The van der Waals surface area contributed by atoms with Crippen molar-refractivity contribution in [3.63, 3.8) is 0 Å². The van der Waals surface area contributed by atoms with Crippen LogP contribution in [-0.2, 0) is 4.79 Å². The summed E-state index contributed by atoms with van der Waals surface area (Å²) in [6.45, 7) is -2.94. The number of carbonyl (C=O) groups is 2. The van der Waals surface area contributed by atoms with Gasteiger partial charge in [-0.05, 0) is 42.0 Å². The molecule has 1 aromatic carbocycles. The minimum atomic E-state index is -2.94. The third kappa shape index (κ3) is 5.45. The molecular weight excluding hydrogens is 378 g/mol. The summed E-state index contributed by atoms with van der Waals surface area (Å²) in [6.07, 6.45) is -3.87. The summed E-state index contributed by atoms with van der Waals surface area (Å²) >= 11 is 1.00. The van der Waals surface area contributed by atoms with Gasteiger partial charge in [-0.2, -0.15) is 8.78 Å². The Bertz CT molecular complexity index is 764. The Balaban J connectivity index is 2.08. The molecule has 1 amide bonds. The number of rotatable bonds is 8. The maximum Gasteiger partial charge on any atom is 0.387 e. The first kappa shape index (κ1) is 19.7. The first-order valence-electron chi connectivity index (χ1n) is 7.23. The van der Waals surface area contributed by atoms with E-state index in [4.69, 9.17) is 5.11 Å². The van der Waals surface area contributed by atoms with E-state index in [0.717, 1.165) is 11.3 Å². The fraction of sp³-hybridized carbons (Fsp3) is 0.250. The molecule has 2 rings (SSSR count). The van der Waals surface area contributed by atoms with E-state index >= 15 is 0 Å². The molecule has 0 aliphatic carbocycles.